The molecule has 0 saturated carbocycles. The fourth-order valence-electron chi connectivity index (χ4n) is 2.12. The Bertz CT molecular complexity index is 1010. The summed E-state index contributed by atoms with van der Waals surface area (Å²) in [5.74, 6) is -1.93. The van der Waals surface area contributed by atoms with E-state index in [2.05, 4.69) is 64.9 Å². The van der Waals surface area contributed by atoms with E-state index in [1.807, 2.05) is 12.1 Å². The fourth-order valence-corrected chi connectivity index (χ4v) is 2.87. The summed E-state index contributed by atoms with van der Waals surface area (Å²) in [5, 5.41) is 17.2. The molecule has 0 bridgehead atoms. The van der Waals surface area contributed by atoms with Crippen molar-refractivity contribution in [3.05, 3.63) is 84.2 Å². The maximum Gasteiger partial charge on any atom is 0.310 e. The van der Waals surface area contributed by atoms with Crippen LogP contribution < -0.4 is 0 Å². The summed E-state index contributed by atoms with van der Waals surface area (Å²) in [5.41, 5.74) is 2.27. The molecule has 3 rings (SSSR count). The number of rotatable bonds is 6. The van der Waals surface area contributed by atoms with Crippen molar-refractivity contribution < 1.29 is 29.3 Å². The third-order valence-corrected chi connectivity index (χ3v) is 5.15. The number of esters is 1. The molecule has 0 atom stereocenters. The lowest BCUT2D eigenvalue weighted by atomic mass is 10.2. The molecule has 34 heavy (non-hydrogen) atoms. The van der Waals surface area contributed by atoms with Crippen molar-refractivity contribution in [2.75, 3.05) is 7.11 Å². The van der Waals surface area contributed by atoms with Crippen LogP contribution in [0.2, 0.25) is 5.15 Å². The zero-order valence-electron chi connectivity index (χ0n) is 17.8. The Labute approximate surface area is 228 Å². The molecule has 0 amide bonds. The quantitative estimate of drug-likeness (QED) is 0.220. The molecule has 0 aliphatic carbocycles. The number of aliphatic carboxylic acids is 2. The summed E-state index contributed by atoms with van der Waals surface area (Å²) in [6.45, 7) is 0. The summed E-state index contributed by atoms with van der Waals surface area (Å²) in [6.07, 6.45) is 5.04. The first-order valence-corrected chi connectivity index (χ1v) is 11.9. The maximum atomic E-state index is 10.8. The highest BCUT2D eigenvalue weighted by molar-refractivity contribution is 14.1. The number of hydrogen-bond donors (Lipinski definition) is 2. The lowest BCUT2D eigenvalue weighted by Gasteiger charge is -1.98. The molecule has 0 fully saturated rings. The first-order valence-electron chi connectivity index (χ1n) is 9.40. The summed E-state index contributed by atoms with van der Waals surface area (Å²) in [4.78, 5) is 43.0. The van der Waals surface area contributed by atoms with Gasteiger partial charge in [0.2, 0.25) is 0 Å². The van der Waals surface area contributed by atoms with Gasteiger partial charge in [-0.15, -0.1) is 0 Å². The van der Waals surface area contributed by atoms with Gasteiger partial charge in [-0.3, -0.25) is 24.4 Å². The molecular formula is C22H20ClI2N3O6. The maximum absolute atomic E-state index is 10.8. The molecule has 0 aromatic carbocycles. The topological polar surface area (TPSA) is 140 Å². The van der Waals surface area contributed by atoms with Crippen molar-refractivity contribution >= 4 is 74.7 Å². The Hall–Kier alpha value is -2.39. The van der Waals surface area contributed by atoms with Gasteiger partial charge in [0.15, 0.2) is 0 Å². The normalized spacial score (nSPS) is 9.53. The van der Waals surface area contributed by atoms with Crippen LogP contribution in [-0.2, 0) is 38.4 Å². The molecule has 0 saturated heterocycles. The Balaban J connectivity index is 0.000000255. The van der Waals surface area contributed by atoms with Crippen molar-refractivity contribution in [3.63, 3.8) is 0 Å². The monoisotopic (exact) mass is 711 g/mol. The van der Waals surface area contributed by atoms with E-state index < -0.39 is 11.9 Å². The van der Waals surface area contributed by atoms with Gasteiger partial charge < -0.3 is 14.9 Å². The van der Waals surface area contributed by atoms with E-state index >= 15 is 0 Å². The van der Waals surface area contributed by atoms with Crippen LogP contribution in [0.1, 0.15) is 16.7 Å². The number of carbonyl (C=O) groups excluding carboxylic acids is 1. The summed E-state index contributed by atoms with van der Waals surface area (Å²) >= 11 is 9.67. The summed E-state index contributed by atoms with van der Waals surface area (Å²) < 4.78 is 6.31. The van der Waals surface area contributed by atoms with Gasteiger partial charge in [0.05, 0.1) is 26.4 Å². The number of carboxylic acids is 2. The van der Waals surface area contributed by atoms with E-state index in [1.54, 1.807) is 36.7 Å². The van der Waals surface area contributed by atoms with Crippen molar-refractivity contribution in [1.29, 1.82) is 0 Å². The van der Waals surface area contributed by atoms with Gasteiger partial charge in [0.1, 0.15) is 12.6 Å². The van der Waals surface area contributed by atoms with Crippen LogP contribution in [0.3, 0.4) is 0 Å². The second-order valence-corrected chi connectivity index (χ2v) is 8.96. The largest absolute Gasteiger partial charge is 0.481 e. The van der Waals surface area contributed by atoms with Crippen LogP contribution in [0.25, 0.3) is 0 Å². The first kappa shape index (κ1) is 29.6. The van der Waals surface area contributed by atoms with Gasteiger partial charge in [-0.1, -0.05) is 29.8 Å². The lowest BCUT2D eigenvalue weighted by Crippen LogP contribution is -2.04. The summed E-state index contributed by atoms with van der Waals surface area (Å²) in [6, 6.07) is 10.5. The highest BCUT2D eigenvalue weighted by atomic mass is 127. The molecule has 0 aliphatic heterocycles. The molecular weight excluding hydrogens is 692 g/mol. The third kappa shape index (κ3) is 14.0. The van der Waals surface area contributed by atoms with Gasteiger partial charge in [0, 0.05) is 18.6 Å². The van der Waals surface area contributed by atoms with Crippen LogP contribution in [0.4, 0.5) is 0 Å². The number of carboxylic acid groups (broad SMARTS) is 2. The minimum atomic E-state index is -0.867. The number of pyridine rings is 3. The molecule has 12 heteroatoms. The van der Waals surface area contributed by atoms with Gasteiger partial charge in [-0.05, 0) is 80.1 Å². The Morgan fingerprint density at radius 2 is 1.18 bits per heavy atom. The van der Waals surface area contributed by atoms with Gasteiger partial charge in [-0.25, -0.2) is 4.98 Å². The fraction of sp³-hybridized carbons (Fsp3) is 0.182. The molecule has 0 aliphatic rings. The zero-order valence-corrected chi connectivity index (χ0v) is 22.9. The number of nitrogens with zero attached hydrogens (tertiary/aromatic N) is 3. The van der Waals surface area contributed by atoms with E-state index in [-0.39, 0.29) is 18.8 Å². The van der Waals surface area contributed by atoms with Crippen molar-refractivity contribution in [2.45, 2.75) is 19.3 Å². The van der Waals surface area contributed by atoms with E-state index in [9.17, 15) is 14.4 Å². The zero-order chi connectivity index (χ0) is 25.5. The molecule has 3 heterocycles. The van der Waals surface area contributed by atoms with Crippen molar-refractivity contribution in [3.8, 4) is 0 Å². The van der Waals surface area contributed by atoms with Crippen molar-refractivity contribution in [2.24, 2.45) is 0 Å². The van der Waals surface area contributed by atoms with Crippen LogP contribution >= 0.6 is 56.8 Å². The molecule has 0 radical (unpaired) electrons. The second-order valence-electron chi connectivity index (χ2n) is 6.36. The second kappa shape index (κ2) is 16.3. The molecule has 3 aromatic rings. The number of methoxy groups -OCH3 is 1. The molecule has 0 spiro atoms. The van der Waals surface area contributed by atoms with Gasteiger partial charge >= 0.3 is 17.9 Å². The SMILES string of the molecule is COC(=O)Cc1ccc(I)nc1.O=C(O)Cc1ccc(Cl)nc1.O=C(O)Cc1ccc(I)nc1. The van der Waals surface area contributed by atoms with Crippen LogP contribution in [0.15, 0.2) is 55.0 Å². The number of hydrogen-bond acceptors (Lipinski definition) is 7. The Morgan fingerprint density at radius 1 is 0.765 bits per heavy atom. The lowest BCUT2D eigenvalue weighted by molar-refractivity contribution is -0.140. The number of ether oxygens (including phenoxy) is 1. The van der Waals surface area contributed by atoms with Gasteiger partial charge in [-0.2, -0.15) is 0 Å². The highest BCUT2D eigenvalue weighted by Gasteiger charge is 2.02. The van der Waals surface area contributed by atoms with Gasteiger partial charge in [0.25, 0.3) is 0 Å². The standard InChI is InChI=1S/C8H8INO2.C7H6ClNO2.C7H6INO2/c1-12-8(11)4-6-2-3-7(9)10-5-6;2*8-6-2-1-5(4-9-6)3-7(10)11/h2-3,5H,4H2,1H3;2*1-2,4H,3H2,(H,10,11). The minimum Gasteiger partial charge on any atom is -0.481 e. The predicted molar refractivity (Wildman–Crippen MR) is 142 cm³/mol. The average molecular weight is 712 g/mol. The van der Waals surface area contributed by atoms with E-state index in [4.69, 9.17) is 21.8 Å². The average Bonchev–Trinajstić information content (AvgIpc) is 2.79. The van der Waals surface area contributed by atoms with Crippen LogP contribution in [0.5, 0.6) is 0 Å². The van der Waals surface area contributed by atoms with Crippen LogP contribution in [-0.4, -0.2) is 50.2 Å². The summed E-state index contributed by atoms with van der Waals surface area (Å²) in [7, 11) is 1.38. The number of carbonyl (C=O) groups is 3. The van der Waals surface area contributed by atoms with Crippen LogP contribution in [0, 0.1) is 7.40 Å². The molecule has 3 aromatic heterocycles. The predicted octanol–water partition coefficient (Wildman–Crippen LogP) is 4.08. The number of halogens is 3. The molecule has 0 unspecified atom stereocenters. The smallest absolute Gasteiger partial charge is 0.310 e. The molecule has 2 N–H and O–H groups in total. The van der Waals surface area contributed by atoms with Crippen molar-refractivity contribution in [1.82, 2.24) is 15.0 Å². The number of aromatic nitrogens is 3. The molecule has 9 nitrogen and oxygen atoms in total. The Morgan fingerprint density at radius 3 is 1.50 bits per heavy atom. The van der Waals surface area contributed by atoms with E-state index in [0.29, 0.717) is 17.1 Å². The van der Waals surface area contributed by atoms with E-state index in [1.165, 1.54) is 13.3 Å². The Kier molecular flexibility index (Phi) is 14.2. The van der Waals surface area contributed by atoms with E-state index in [0.717, 1.165) is 18.5 Å². The highest BCUT2D eigenvalue weighted by Crippen LogP contribution is 2.06. The minimum absolute atomic E-state index is 0.00975. The molecule has 180 valence electrons. The first-order chi connectivity index (χ1) is 16.1. The third-order valence-electron chi connectivity index (χ3n) is 3.65.